The van der Waals surface area contributed by atoms with E-state index < -0.39 is 0 Å². The zero-order chi connectivity index (χ0) is 14.4. The van der Waals surface area contributed by atoms with E-state index in [0.717, 1.165) is 12.2 Å². The van der Waals surface area contributed by atoms with Crippen molar-refractivity contribution in [2.75, 3.05) is 19.1 Å². The average molecular weight is 300 g/mol. The van der Waals surface area contributed by atoms with E-state index in [1.54, 1.807) is 12.1 Å². The highest BCUT2D eigenvalue weighted by Crippen LogP contribution is 2.16. The minimum Gasteiger partial charge on any atom is -0.294 e. The van der Waals surface area contributed by atoms with Crippen molar-refractivity contribution in [1.82, 2.24) is 4.90 Å². The van der Waals surface area contributed by atoms with Crippen molar-refractivity contribution in [2.45, 2.75) is 32.4 Å². The van der Waals surface area contributed by atoms with Gasteiger partial charge in [-0.3, -0.25) is 9.69 Å². The number of Topliss-reactive ketones (excluding diaryl/α,β-unsaturated/α-hetero) is 1. The van der Waals surface area contributed by atoms with Crippen LogP contribution in [0.1, 0.15) is 30.6 Å². The van der Waals surface area contributed by atoms with E-state index in [0.29, 0.717) is 16.6 Å². The minimum atomic E-state index is -0.129. The third-order valence-electron chi connectivity index (χ3n) is 3.53. The van der Waals surface area contributed by atoms with E-state index in [1.807, 2.05) is 37.9 Å². The zero-order valence-electron chi connectivity index (χ0n) is 12.0. The smallest absolute Gasteiger partial charge is 0.179 e. The number of hydrogen-bond donors (Lipinski definition) is 0. The number of thioether (sulfide) groups is 1. The number of carbonyl (C=O) groups is 1. The Morgan fingerprint density at radius 3 is 2.68 bits per heavy atom. The molecule has 0 spiro atoms. The van der Waals surface area contributed by atoms with E-state index in [2.05, 4.69) is 18.1 Å². The molecule has 0 aliphatic rings. The van der Waals surface area contributed by atoms with Crippen LogP contribution in [0.5, 0.6) is 0 Å². The quantitative estimate of drug-likeness (QED) is 0.710. The van der Waals surface area contributed by atoms with Gasteiger partial charge in [0.05, 0.1) is 6.04 Å². The molecule has 0 N–H and O–H groups in total. The molecule has 0 bridgehead atoms. The van der Waals surface area contributed by atoms with Crippen molar-refractivity contribution >= 4 is 29.1 Å². The molecule has 0 saturated carbocycles. The lowest BCUT2D eigenvalue weighted by atomic mass is 10.0. The monoisotopic (exact) mass is 299 g/mol. The number of likely N-dealkylation sites (N-methyl/N-ethyl adjacent to an activating group) is 1. The van der Waals surface area contributed by atoms with Gasteiger partial charge < -0.3 is 0 Å². The van der Waals surface area contributed by atoms with Gasteiger partial charge >= 0.3 is 0 Å². The van der Waals surface area contributed by atoms with Crippen LogP contribution in [0, 0.1) is 0 Å². The van der Waals surface area contributed by atoms with Crippen molar-refractivity contribution < 1.29 is 4.79 Å². The van der Waals surface area contributed by atoms with Gasteiger partial charge in [-0.15, -0.1) is 0 Å². The van der Waals surface area contributed by atoms with Gasteiger partial charge in [-0.25, -0.2) is 0 Å². The standard InChI is InChI=1S/C15H22ClNOS/c1-11(8-9-19-4)17(3)12(2)15(18)13-6-5-7-14(16)10-13/h5-7,10-12H,8-9H2,1-4H3. The van der Waals surface area contributed by atoms with Crippen molar-refractivity contribution in [3.05, 3.63) is 34.9 Å². The Bertz CT molecular complexity index is 424. The van der Waals surface area contributed by atoms with E-state index in [-0.39, 0.29) is 11.8 Å². The van der Waals surface area contributed by atoms with Crippen LogP contribution in [0.25, 0.3) is 0 Å². The molecule has 19 heavy (non-hydrogen) atoms. The molecule has 1 aromatic carbocycles. The molecule has 0 aliphatic carbocycles. The minimum absolute atomic E-state index is 0.126. The maximum absolute atomic E-state index is 12.4. The fourth-order valence-electron chi connectivity index (χ4n) is 1.94. The van der Waals surface area contributed by atoms with Gasteiger partial charge in [-0.1, -0.05) is 23.7 Å². The summed E-state index contributed by atoms with van der Waals surface area (Å²) in [6.45, 7) is 4.12. The number of benzene rings is 1. The molecule has 0 radical (unpaired) electrons. The fourth-order valence-corrected chi connectivity index (χ4v) is 2.71. The van der Waals surface area contributed by atoms with Crippen LogP contribution in [-0.4, -0.2) is 41.8 Å². The highest BCUT2D eigenvalue weighted by molar-refractivity contribution is 7.98. The van der Waals surface area contributed by atoms with Crippen LogP contribution in [0.2, 0.25) is 5.02 Å². The second-order valence-electron chi connectivity index (χ2n) is 4.85. The van der Waals surface area contributed by atoms with Gasteiger partial charge in [0.15, 0.2) is 5.78 Å². The largest absolute Gasteiger partial charge is 0.294 e. The third-order valence-corrected chi connectivity index (χ3v) is 4.41. The molecular formula is C15H22ClNOS. The molecule has 2 unspecified atom stereocenters. The van der Waals surface area contributed by atoms with E-state index in [4.69, 9.17) is 11.6 Å². The molecule has 0 aromatic heterocycles. The molecular weight excluding hydrogens is 278 g/mol. The van der Waals surface area contributed by atoms with Gasteiger partial charge in [0.25, 0.3) is 0 Å². The van der Waals surface area contributed by atoms with Gasteiger partial charge in [0.1, 0.15) is 0 Å². The number of halogens is 1. The summed E-state index contributed by atoms with van der Waals surface area (Å²) in [7, 11) is 2.01. The molecule has 0 heterocycles. The summed E-state index contributed by atoms with van der Waals surface area (Å²) >= 11 is 7.77. The fraction of sp³-hybridized carbons (Fsp3) is 0.533. The van der Waals surface area contributed by atoms with Crippen LogP contribution in [0.4, 0.5) is 0 Å². The Kier molecular flexibility index (Phi) is 6.90. The Morgan fingerprint density at radius 1 is 1.42 bits per heavy atom. The summed E-state index contributed by atoms with van der Waals surface area (Å²) in [6.07, 6.45) is 3.19. The number of rotatable bonds is 7. The first-order chi connectivity index (χ1) is 8.97. The molecule has 2 atom stereocenters. The highest BCUT2D eigenvalue weighted by Gasteiger charge is 2.23. The molecule has 1 aromatic rings. The van der Waals surface area contributed by atoms with Gasteiger partial charge in [0.2, 0.25) is 0 Å². The number of ketones is 1. The van der Waals surface area contributed by atoms with Gasteiger partial charge in [-0.05, 0) is 51.5 Å². The second kappa shape index (κ2) is 7.93. The summed E-state index contributed by atoms with van der Waals surface area (Å²) in [6, 6.07) is 7.43. The summed E-state index contributed by atoms with van der Waals surface area (Å²) in [4.78, 5) is 14.5. The Hall–Kier alpha value is -0.510. The van der Waals surface area contributed by atoms with Crippen LogP contribution in [0.15, 0.2) is 24.3 Å². The van der Waals surface area contributed by atoms with Crippen molar-refractivity contribution in [2.24, 2.45) is 0 Å². The molecule has 0 aliphatic heterocycles. The topological polar surface area (TPSA) is 20.3 Å². The number of nitrogens with zero attached hydrogens (tertiary/aromatic N) is 1. The Labute approximate surface area is 125 Å². The zero-order valence-corrected chi connectivity index (χ0v) is 13.6. The molecule has 2 nitrogen and oxygen atoms in total. The molecule has 1 rings (SSSR count). The first-order valence-corrected chi connectivity index (χ1v) is 8.25. The van der Waals surface area contributed by atoms with E-state index in [1.165, 1.54) is 0 Å². The average Bonchev–Trinajstić information content (AvgIpc) is 2.42. The summed E-state index contributed by atoms with van der Waals surface area (Å²) in [5.74, 6) is 1.24. The summed E-state index contributed by atoms with van der Waals surface area (Å²) in [5, 5.41) is 0.608. The van der Waals surface area contributed by atoms with E-state index >= 15 is 0 Å². The normalized spacial score (nSPS) is 14.4. The Balaban J connectivity index is 2.71. The number of hydrogen-bond acceptors (Lipinski definition) is 3. The Morgan fingerprint density at radius 2 is 2.11 bits per heavy atom. The number of carbonyl (C=O) groups excluding carboxylic acids is 1. The van der Waals surface area contributed by atoms with Crippen LogP contribution in [-0.2, 0) is 0 Å². The first kappa shape index (κ1) is 16.5. The van der Waals surface area contributed by atoms with Crippen LogP contribution >= 0.6 is 23.4 Å². The lowest BCUT2D eigenvalue weighted by Crippen LogP contribution is -2.42. The third kappa shape index (κ3) is 4.83. The van der Waals surface area contributed by atoms with Gasteiger partial charge in [0, 0.05) is 16.6 Å². The second-order valence-corrected chi connectivity index (χ2v) is 6.27. The predicted octanol–water partition coefficient (Wildman–Crippen LogP) is 3.98. The lowest BCUT2D eigenvalue weighted by Gasteiger charge is -2.29. The molecule has 0 saturated heterocycles. The maximum atomic E-state index is 12.4. The predicted molar refractivity (Wildman–Crippen MR) is 85.5 cm³/mol. The van der Waals surface area contributed by atoms with Crippen molar-refractivity contribution in [3.63, 3.8) is 0 Å². The van der Waals surface area contributed by atoms with Crippen LogP contribution < -0.4 is 0 Å². The molecule has 4 heteroatoms. The maximum Gasteiger partial charge on any atom is 0.179 e. The highest BCUT2D eigenvalue weighted by atomic mass is 35.5. The van der Waals surface area contributed by atoms with Crippen molar-refractivity contribution in [3.8, 4) is 0 Å². The van der Waals surface area contributed by atoms with Gasteiger partial charge in [-0.2, -0.15) is 11.8 Å². The summed E-state index contributed by atoms with van der Waals surface area (Å²) < 4.78 is 0. The lowest BCUT2D eigenvalue weighted by molar-refractivity contribution is 0.0824. The van der Waals surface area contributed by atoms with Crippen LogP contribution in [0.3, 0.4) is 0 Å². The van der Waals surface area contributed by atoms with E-state index in [9.17, 15) is 4.79 Å². The molecule has 0 fully saturated rings. The molecule has 106 valence electrons. The summed E-state index contributed by atoms with van der Waals surface area (Å²) in [5.41, 5.74) is 0.684. The molecule has 0 amide bonds. The first-order valence-electron chi connectivity index (χ1n) is 6.48. The SMILES string of the molecule is CSCCC(C)N(C)C(C)C(=O)c1cccc(Cl)c1. The van der Waals surface area contributed by atoms with Crippen molar-refractivity contribution in [1.29, 1.82) is 0 Å².